The molecule has 1 fully saturated rings. The highest BCUT2D eigenvalue weighted by Gasteiger charge is 2.22. The van der Waals surface area contributed by atoms with Gasteiger partial charge in [0.2, 0.25) is 10.0 Å². The van der Waals surface area contributed by atoms with Crippen LogP contribution in [0.4, 0.5) is 5.69 Å². The quantitative estimate of drug-likeness (QED) is 0.742. The van der Waals surface area contributed by atoms with Gasteiger partial charge in [0, 0.05) is 11.7 Å². The molecule has 6 nitrogen and oxygen atoms in total. The fourth-order valence-corrected chi connectivity index (χ4v) is 4.52. The van der Waals surface area contributed by atoms with Gasteiger partial charge in [-0.15, -0.1) is 0 Å². The average Bonchev–Trinajstić information content (AvgIpc) is 3.16. The molecule has 2 aromatic carbocycles. The molecule has 0 radical (unpaired) electrons. The molecule has 0 aliphatic heterocycles. The van der Waals surface area contributed by atoms with Crippen LogP contribution in [0.15, 0.2) is 47.4 Å². The van der Waals surface area contributed by atoms with Gasteiger partial charge in [-0.05, 0) is 74.2 Å². The summed E-state index contributed by atoms with van der Waals surface area (Å²) >= 11 is 0. The van der Waals surface area contributed by atoms with Crippen molar-refractivity contribution in [2.45, 2.75) is 50.5 Å². The average molecular weight is 403 g/mol. The van der Waals surface area contributed by atoms with E-state index < -0.39 is 10.0 Å². The molecule has 28 heavy (non-hydrogen) atoms. The van der Waals surface area contributed by atoms with Crippen LogP contribution in [0.3, 0.4) is 0 Å². The Hall–Kier alpha value is -2.38. The van der Waals surface area contributed by atoms with Gasteiger partial charge in [-0.1, -0.05) is 18.9 Å². The summed E-state index contributed by atoms with van der Waals surface area (Å²) < 4.78 is 33.0. The zero-order chi connectivity index (χ0) is 20.1. The maximum Gasteiger partial charge on any atom is 0.262 e. The van der Waals surface area contributed by atoms with E-state index in [4.69, 9.17) is 4.74 Å². The van der Waals surface area contributed by atoms with Crippen LogP contribution in [0.2, 0.25) is 0 Å². The van der Waals surface area contributed by atoms with E-state index in [0.717, 1.165) is 42.5 Å². The minimum atomic E-state index is -3.52. The first-order valence-corrected chi connectivity index (χ1v) is 10.9. The monoisotopic (exact) mass is 402 g/mol. The molecule has 1 amide bonds. The summed E-state index contributed by atoms with van der Waals surface area (Å²) in [5.41, 5.74) is 2.98. The second-order valence-corrected chi connectivity index (χ2v) is 8.92. The van der Waals surface area contributed by atoms with Crippen LogP contribution in [0, 0.1) is 13.8 Å². The smallest absolute Gasteiger partial charge is 0.262 e. The minimum absolute atomic E-state index is 0.0232. The number of aryl methyl sites for hydroxylation is 2. The van der Waals surface area contributed by atoms with Gasteiger partial charge in [0.1, 0.15) is 5.75 Å². The Kier molecular flexibility index (Phi) is 6.36. The van der Waals surface area contributed by atoms with Crippen molar-refractivity contribution in [2.75, 3.05) is 11.9 Å². The summed E-state index contributed by atoms with van der Waals surface area (Å²) in [6.07, 6.45) is 3.89. The Morgan fingerprint density at radius 2 is 1.71 bits per heavy atom. The highest BCUT2D eigenvalue weighted by atomic mass is 32.2. The highest BCUT2D eigenvalue weighted by molar-refractivity contribution is 7.89. The summed E-state index contributed by atoms with van der Waals surface area (Å²) in [4.78, 5) is 12.3. The van der Waals surface area contributed by atoms with Gasteiger partial charge in [0.15, 0.2) is 6.61 Å². The molecule has 1 aliphatic rings. The number of benzene rings is 2. The predicted molar refractivity (Wildman–Crippen MR) is 109 cm³/mol. The fraction of sp³-hybridized carbons (Fsp3) is 0.381. The van der Waals surface area contributed by atoms with Crippen LogP contribution in [-0.4, -0.2) is 27.0 Å². The molecule has 0 unspecified atom stereocenters. The van der Waals surface area contributed by atoms with Gasteiger partial charge < -0.3 is 10.1 Å². The molecule has 0 bridgehead atoms. The van der Waals surface area contributed by atoms with E-state index in [0.29, 0.717) is 5.75 Å². The maximum atomic E-state index is 12.4. The van der Waals surface area contributed by atoms with Gasteiger partial charge in [0.25, 0.3) is 5.91 Å². The highest BCUT2D eigenvalue weighted by Crippen LogP contribution is 2.22. The van der Waals surface area contributed by atoms with Gasteiger partial charge in [0.05, 0.1) is 4.90 Å². The molecule has 7 heteroatoms. The number of anilines is 1. The maximum absolute atomic E-state index is 12.4. The van der Waals surface area contributed by atoms with Crippen LogP contribution in [0.5, 0.6) is 5.75 Å². The number of ether oxygens (including phenoxy) is 1. The standard InChI is InChI=1S/C21H26N2O4S/c1-15-7-8-18(13-16(15)2)22-21(24)14-27-19-9-11-20(12-10-19)28(25,26)23-17-5-3-4-6-17/h7-13,17,23H,3-6,14H2,1-2H3,(H,22,24). The van der Waals surface area contributed by atoms with E-state index in [1.165, 1.54) is 12.1 Å². The molecular weight excluding hydrogens is 376 g/mol. The van der Waals surface area contributed by atoms with Gasteiger partial charge in [-0.25, -0.2) is 13.1 Å². The van der Waals surface area contributed by atoms with Gasteiger partial charge in [-0.2, -0.15) is 0 Å². The zero-order valence-electron chi connectivity index (χ0n) is 16.2. The summed E-state index contributed by atoms with van der Waals surface area (Å²) in [6.45, 7) is 3.84. The Morgan fingerprint density at radius 3 is 2.36 bits per heavy atom. The number of rotatable bonds is 7. The van der Waals surface area contributed by atoms with Crippen molar-refractivity contribution in [1.29, 1.82) is 0 Å². The number of hydrogen-bond donors (Lipinski definition) is 2. The lowest BCUT2D eigenvalue weighted by Gasteiger charge is -2.13. The molecule has 0 spiro atoms. The lowest BCUT2D eigenvalue weighted by atomic mass is 10.1. The SMILES string of the molecule is Cc1ccc(NC(=O)COc2ccc(S(=O)(=O)NC3CCCC3)cc2)cc1C. The molecule has 0 atom stereocenters. The molecule has 1 saturated carbocycles. The topological polar surface area (TPSA) is 84.5 Å². The Bertz CT molecular complexity index is 933. The first kappa shape index (κ1) is 20.4. The molecule has 3 rings (SSSR count). The second-order valence-electron chi connectivity index (χ2n) is 7.21. The first-order chi connectivity index (χ1) is 13.3. The van der Waals surface area contributed by atoms with E-state index in [9.17, 15) is 13.2 Å². The third-order valence-electron chi connectivity index (χ3n) is 4.97. The van der Waals surface area contributed by atoms with Crippen LogP contribution in [-0.2, 0) is 14.8 Å². The van der Waals surface area contributed by atoms with Crippen molar-refractivity contribution in [3.63, 3.8) is 0 Å². The Labute approximate surface area is 166 Å². The van der Waals surface area contributed by atoms with E-state index in [-0.39, 0.29) is 23.5 Å². The van der Waals surface area contributed by atoms with E-state index >= 15 is 0 Å². The van der Waals surface area contributed by atoms with Crippen molar-refractivity contribution in [2.24, 2.45) is 0 Å². The van der Waals surface area contributed by atoms with Crippen LogP contribution >= 0.6 is 0 Å². The molecule has 150 valence electrons. The number of amides is 1. The third kappa shape index (κ3) is 5.33. The molecule has 0 saturated heterocycles. The molecule has 0 aromatic heterocycles. The summed E-state index contributed by atoms with van der Waals surface area (Å²) in [5.74, 6) is 0.165. The molecule has 1 aliphatic carbocycles. The van der Waals surface area contributed by atoms with Crippen molar-refractivity contribution in [3.05, 3.63) is 53.6 Å². The normalized spacial score (nSPS) is 14.8. The van der Waals surface area contributed by atoms with Gasteiger partial charge >= 0.3 is 0 Å². The molecule has 2 aromatic rings. The van der Waals surface area contributed by atoms with E-state index in [2.05, 4.69) is 10.0 Å². The molecular formula is C21H26N2O4S. The lowest BCUT2D eigenvalue weighted by molar-refractivity contribution is -0.118. The Balaban J connectivity index is 1.53. The summed E-state index contributed by atoms with van der Waals surface area (Å²) in [6, 6.07) is 11.8. The molecule has 0 heterocycles. The number of carbonyl (C=O) groups is 1. The van der Waals surface area contributed by atoms with Crippen molar-refractivity contribution in [1.82, 2.24) is 4.72 Å². The number of hydrogen-bond acceptors (Lipinski definition) is 4. The number of sulfonamides is 1. The van der Waals surface area contributed by atoms with Crippen LogP contribution < -0.4 is 14.8 Å². The second kappa shape index (κ2) is 8.75. The summed E-state index contributed by atoms with van der Waals surface area (Å²) in [5, 5.41) is 2.79. The van der Waals surface area contributed by atoms with Crippen molar-refractivity contribution < 1.29 is 17.9 Å². The van der Waals surface area contributed by atoms with E-state index in [1.54, 1.807) is 12.1 Å². The van der Waals surface area contributed by atoms with Crippen molar-refractivity contribution >= 4 is 21.6 Å². The predicted octanol–water partition coefficient (Wildman–Crippen LogP) is 3.54. The van der Waals surface area contributed by atoms with Crippen LogP contribution in [0.1, 0.15) is 36.8 Å². The van der Waals surface area contributed by atoms with Crippen molar-refractivity contribution in [3.8, 4) is 5.75 Å². The Morgan fingerprint density at radius 1 is 1.04 bits per heavy atom. The van der Waals surface area contributed by atoms with Crippen LogP contribution in [0.25, 0.3) is 0 Å². The summed E-state index contributed by atoms with van der Waals surface area (Å²) in [7, 11) is -3.52. The first-order valence-electron chi connectivity index (χ1n) is 9.46. The largest absolute Gasteiger partial charge is 0.484 e. The fourth-order valence-electron chi connectivity index (χ4n) is 3.21. The zero-order valence-corrected chi connectivity index (χ0v) is 17.0. The van der Waals surface area contributed by atoms with E-state index in [1.807, 2.05) is 32.0 Å². The minimum Gasteiger partial charge on any atom is -0.484 e. The number of nitrogens with one attached hydrogen (secondary N) is 2. The molecule has 2 N–H and O–H groups in total. The number of carbonyl (C=O) groups excluding carboxylic acids is 1. The van der Waals surface area contributed by atoms with Gasteiger partial charge in [-0.3, -0.25) is 4.79 Å². The third-order valence-corrected chi connectivity index (χ3v) is 6.51. The lowest BCUT2D eigenvalue weighted by Crippen LogP contribution is -2.32.